The second-order valence-electron chi connectivity index (χ2n) is 6.97. The summed E-state index contributed by atoms with van der Waals surface area (Å²) >= 11 is 0. The molecule has 1 saturated carbocycles. The molecule has 26 heavy (non-hydrogen) atoms. The zero-order valence-electron chi connectivity index (χ0n) is 14.8. The molecule has 1 aliphatic heterocycles. The zero-order valence-corrected chi connectivity index (χ0v) is 14.8. The van der Waals surface area contributed by atoms with Crippen LogP contribution in [0.2, 0.25) is 0 Å². The minimum absolute atomic E-state index is 0.0572. The van der Waals surface area contributed by atoms with Gasteiger partial charge in [0.1, 0.15) is 11.5 Å². The van der Waals surface area contributed by atoms with Gasteiger partial charge in [0.15, 0.2) is 0 Å². The molecule has 0 spiro atoms. The van der Waals surface area contributed by atoms with E-state index in [-0.39, 0.29) is 17.5 Å². The fourth-order valence-electron chi connectivity index (χ4n) is 3.38. The number of hydrogen-bond acceptors (Lipinski definition) is 5. The van der Waals surface area contributed by atoms with Gasteiger partial charge in [0, 0.05) is 32.1 Å². The molecule has 0 aromatic carbocycles. The Hall–Kier alpha value is -2.64. The summed E-state index contributed by atoms with van der Waals surface area (Å²) in [5.74, 6) is 0.958. The summed E-state index contributed by atoms with van der Waals surface area (Å²) in [5, 5.41) is 0. The van der Waals surface area contributed by atoms with Crippen LogP contribution in [0.25, 0.3) is 0 Å². The summed E-state index contributed by atoms with van der Waals surface area (Å²) in [6.45, 7) is 5.66. The molecule has 0 unspecified atom stereocenters. The topological polar surface area (TPSA) is 82.4 Å². The van der Waals surface area contributed by atoms with Gasteiger partial charge in [0.05, 0.1) is 11.3 Å². The number of aromatic amines is 1. The highest BCUT2D eigenvalue weighted by atomic mass is 19.1. The molecular weight excluding hydrogens is 339 g/mol. The number of amides is 1. The van der Waals surface area contributed by atoms with Gasteiger partial charge in [-0.05, 0) is 32.8 Å². The van der Waals surface area contributed by atoms with Crippen LogP contribution in [0.5, 0.6) is 0 Å². The fraction of sp³-hybridized carbons (Fsp3) is 0.500. The molecule has 0 bridgehead atoms. The van der Waals surface area contributed by atoms with E-state index in [0.717, 1.165) is 12.8 Å². The van der Waals surface area contributed by atoms with E-state index in [9.17, 15) is 14.0 Å². The summed E-state index contributed by atoms with van der Waals surface area (Å²) in [7, 11) is 0. The molecule has 138 valence electrons. The van der Waals surface area contributed by atoms with Gasteiger partial charge in [0.2, 0.25) is 11.8 Å². The first-order chi connectivity index (χ1) is 12.4. The highest BCUT2D eigenvalue weighted by Gasteiger charge is 2.31. The third-order valence-corrected chi connectivity index (χ3v) is 4.98. The van der Waals surface area contributed by atoms with Gasteiger partial charge in [-0.3, -0.25) is 14.6 Å². The van der Waals surface area contributed by atoms with Gasteiger partial charge in [-0.2, -0.15) is 4.39 Å². The first-order valence-corrected chi connectivity index (χ1v) is 8.85. The Morgan fingerprint density at radius 3 is 2.54 bits per heavy atom. The van der Waals surface area contributed by atoms with Gasteiger partial charge in [-0.25, -0.2) is 4.98 Å². The van der Waals surface area contributed by atoms with Crippen molar-refractivity contribution in [3.8, 4) is 0 Å². The Bertz CT molecular complexity index is 908. The largest absolute Gasteiger partial charge is 0.466 e. The maximum atomic E-state index is 13.9. The summed E-state index contributed by atoms with van der Waals surface area (Å²) < 4.78 is 19.4. The number of nitrogens with one attached hydrogen (secondary N) is 1. The number of nitrogens with zero attached hydrogens (tertiary/aromatic N) is 3. The molecule has 2 aromatic rings. The number of rotatable bonds is 3. The van der Waals surface area contributed by atoms with E-state index < -0.39 is 11.4 Å². The van der Waals surface area contributed by atoms with Crippen molar-refractivity contribution in [2.75, 3.05) is 31.1 Å². The fourth-order valence-corrected chi connectivity index (χ4v) is 3.38. The van der Waals surface area contributed by atoms with Crippen LogP contribution in [0, 0.1) is 19.7 Å². The lowest BCUT2D eigenvalue weighted by molar-refractivity contribution is 0.0744. The van der Waals surface area contributed by atoms with Gasteiger partial charge < -0.3 is 14.2 Å². The zero-order chi connectivity index (χ0) is 18.4. The predicted octanol–water partition coefficient (Wildman–Crippen LogP) is 1.96. The second kappa shape index (κ2) is 6.26. The Morgan fingerprint density at radius 2 is 1.96 bits per heavy atom. The van der Waals surface area contributed by atoms with Crippen LogP contribution < -0.4 is 10.5 Å². The maximum Gasteiger partial charge on any atom is 0.288 e. The molecule has 2 aromatic heterocycles. The smallest absolute Gasteiger partial charge is 0.288 e. The number of piperazine rings is 1. The summed E-state index contributed by atoms with van der Waals surface area (Å²) in [5.41, 5.74) is 0.131. The van der Waals surface area contributed by atoms with Gasteiger partial charge in [0.25, 0.3) is 11.5 Å². The number of carbonyl (C=O) groups is 1. The number of aromatic nitrogens is 2. The number of anilines is 1. The number of halogens is 1. The predicted molar refractivity (Wildman–Crippen MR) is 93.1 cm³/mol. The quantitative estimate of drug-likeness (QED) is 0.905. The lowest BCUT2D eigenvalue weighted by atomic mass is 10.2. The van der Waals surface area contributed by atoms with Crippen molar-refractivity contribution in [3.63, 3.8) is 0 Å². The summed E-state index contributed by atoms with van der Waals surface area (Å²) in [6, 6.07) is 1.75. The maximum absolute atomic E-state index is 13.9. The molecule has 1 saturated heterocycles. The van der Waals surface area contributed by atoms with Crippen LogP contribution in [0.15, 0.2) is 15.3 Å². The van der Waals surface area contributed by atoms with E-state index in [1.165, 1.54) is 0 Å². The minimum Gasteiger partial charge on any atom is -0.466 e. The number of aryl methyl sites for hydroxylation is 2. The van der Waals surface area contributed by atoms with E-state index in [1.807, 2.05) is 11.8 Å². The highest BCUT2D eigenvalue weighted by Crippen LogP contribution is 2.39. The van der Waals surface area contributed by atoms with E-state index in [2.05, 4.69) is 9.97 Å². The average Bonchev–Trinajstić information content (AvgIpc) is 3.41. The molecule has 8 heteroatoms. The Balaban J connectivity index is 1.48. The standard InChI is InChI=1S/C18H21FN4O3/c1-10-9-13(11(2)26-10)17(25)22-5-7-23(8-6-22)18-20-15(12-3-4-12)14(19)16(24)21-18/h9,12H,3-8H2,1-2H3,(H,20,21,24). The van der Waals surface area contributed by atoms with Crippen LogP contribution in [0.3, 0.4) is 0 Å². The Kier molecular flexibility index (Phi) is 4.05. The van der Waals surface area contributed by atoms with Crippen molar-refractivity contribution < 1.29 is 13.6 Å². The van der Waals surface area contributed by atoms with Crippen molar-refractivity contribution in [3.05, 3.63) is 45.0 Å². The van der Waals surface area contributed by atoms with Crippen LogP contribution in [-0.2, 0) is 0 Å². The van der Waals surface area contributed by atoms with Crippen molar-refractivity contribution in [2.24, 2.45) is 0 Å². The van der Waals surface area contributed by atoms with Crippen LogP contribution in [0.4, 0.5) is 10.3 Å². The Morgan fingerprint density at radius 1 is 1.27 bits per heavy atom. The monoisotopic (exact) mass is 360 g/mol. The minimum atomic E-state index is -0.768. The van der Waals surface area contributed by atoms with Crippen molar-refractivity contribution >= 4 is 11.9 Å². The van der Waals surface area contributed by atoms with Crippen molar-refractivity contribution in [2.45, 2.75) is 32.6 Å². The SMILES string of the molecule is Cc1cc(C(=O)N2CCN(c3nc(C4CC4)c(F)c(=O)[nH]3)CC2)c(C)o1. The van der Waals surface area contributed by atoms with Crippen LogP contribution in [0.1, 0.15) is 46.3 Å². The molecule has 1 N–H and O–H groups in total. The first kappa shape index (κ1) is 16.8. The number of carbonyl (C=O) groups excluding carboxylic acids is 1. The molecule has 3 heterocycles. The summed E-state index contributed by atoms with van der Waals surface area (Å²) in [4.78, 5) is 35.0. The van der Waals surface area contributed by atoms with Gasteiger partial charge in [-0.1, -0.05) is 0 Å². The van der Waals surface area contributed by atoms with Crippen molar-refractivity contribution in [1.82, 2.24) is 14.9 Å². The van der Waals surface area contributed by atoms with Crippen LogP contribution in [-0.4, -0.2) is 47.0 Å². The third kappa shape index (κ3) is 3.00. The second-order valence-corrected chi connectivity index (χ2v) is 6.97. The molecule has 4 rings (SSSR count). The number of H-pyrrole nitrogens is 1. The van der Waals surface area contributed by atoms with E-state index >= 15 is 0 Å². The molecule has 0 radical (unpaired) electrons. The van der Waals surface area contributed by atoms with E-state index in [0.29, 0.717) is 49.2 Å². The molecule has 0 atom stereocenters. The lowest BCUT2D eigenvalue weighted by Crippen LogP contribution is -2.49. The molecule has 7 nitrogen and oxygen atoms in total. The van der Waals surface area contributed by atoms with Crippen molar-refractivity contribution in [1.29, 1.82) is 0 Å². The van der Waals surface area contributed by atoms with Gasteiger partial charge >= 0.3 is 0 Å². The molecule has 1 aliphatic carbocycles. The van der Waals surface area contributed by atoms with Crippen LogP contribution >= 0.6 is 0 Å². The molecule has 2 fully saturated rings. The lowest BCUT2D eigenvalue weighted by Gasteiger charge is -2.35. The normalized spacial score (nSPS) is 17.7. The van der Waals surface area contributed by atoms with E-state index in [4.69, 9.17) is 4.42 Å². The third-order valence-electron chi connectivity index (χ3n) is 4.98. The first-order valence-electron chi connectivity index (χ1n) is 8.85. The highest BCUT2D eigenvalue weighted by molar-refractivity contribution is 5.95. The molecular formula is C18H21FN4O3. The summed E-state index contributed by atoms with van der Waals surface area (Å²) in [6.07, 6.45) is 1.75. The van der Waals surface area contributed by atoms with E-state index in [1.54, 1.807) is 17.9 Å². The Labute approximate surface area is 149 Å². The number of hydrogen-bond donors (Lipinski definition) is 1. The molecule has 2 aliphatic rings. The number of furan rings is 1. The molecule has 1 amide bonds. The average molecular weight is 360 g/mol. The van der Waals surface area contributed by atoms with Gasteiger partial charge in [-0.15, -0.1) is 0 Å².